The van der Waals surface area contributed by atoms with Crippen molar-refractivity contribution in [2.45, 2.75) is 6.92 Å². The maximum Gasteiger partial charge on any atom is 0.0915 e. The summed E-state index contributed by atoms with van der Waals surface area (Å²) in [6.07, 6.45) is 1.49. The molecule has 0 fully saturated rings. The van der Waals surface area contributed by atoms with E-state index < -0.39 is 0 Å². The second-order valence-corrected chi connectivity index (χ2v) is 4.23. The highest BCUT2D eigenvalue weighted by Crippen LogP contribution is 2.25. The lowest BCUT2D eigenvalue weighted by Crippen LogP contribution is -1.82. The van der Waals surface area contributed by atoms with Gasteiger partial charge in [-0.2, -0.15) is 5.26 Å². The fraction of sp³-hybridized carbons (Fsp3) is 0.100. The zero-order valence-corrected chi connectivity index (χ0v) is 9.93. The molecule has 0 amide bonds. The van der Waals surface area contributed by atoms with Crippen LogP contribution in [0.4, 0.5) is 0 Å². The second-order valence-electron chi connectivity index (χ2n) is 2.58. The number of nitrogens with zero attached hydrogens (tertiary/aromatic N) is 1. The molecule has 1 rings (SSSR count). The molecule has 0 aliphatic carbocycles. The van der Waals surface area contributed by atoms with Gasteiger partial charge < -0.3 is 0 Å². The summed E-state index contributed by atoms with van der Waals surface area (Å²) in [5.74, 6) is 0. The van der Waals surface area contributed by atoms with E-state index in [0.29, 0.717) is 5.02 Å². The molecule has 0 N–H and O–H groups in total. The van der Waals surface area contributed by atoms with Gasteiger partial charge in [-0.15, -0.1) is 0 Å². The monoisotopic (exact) mass is 303 g/mol. The van der Waals surface area contributed by atoms with E-state index in [1.807, 2.05) is 31.2 Å². The van der Waals surface area contributed by atoms with Crippen LogP contribution in [0.5, 0.6) is 0 Å². The van der Waals surface area contributed by atoms with E-state index >= 15 is 0 Å². The first-order chi connectivity index (χ1) is 6.15. The lowest BCUT2D eigenvalue weighted by atomic mass is 10.1. The summed E-state index contributed by atoms with van der Waals surface area (Å²) in [4.78, 5) is 0. The van der Waals surface area contributed by atoms with Gasteiger partial charge in [0.05, 0.1) is 6.07 Å². The van der Waals surface area contributed by atoms with Crippen LogP contribution in [-0.4, -0.2) is 0 Å². The van der Waals surface area contributed by atoms with Gasteiger partial charge in [-0.1, -0.05) is 17.7 Å². The lowest BCUT2D eigenvalue weighted by Gasteiger charge is -2.03. The molecular formula is C10H7ClIN. The number of benzene rings is 1. The Labute approximate surface area is 96.2 Å². The van der Waals surface area contributed by atoms with E-state index in [1.165, 1.54) is 6.08 Å². The van der Waals surface area contributed by atoms with E-state index in [2.05, 4.69) is 22.6 Å². The highest BCUT2D eigenvalue weighted by molar-refractivity contribution is 14.1. The SMILES string of the molecule is C/C(=C\C#N)c1ccc(I)cc1Cl. The Bertz CT molecular complexity index is 390. The van der Waals surface area contributed by atoms with Crippen LogP contribution >= 0.6 is 34.2 Å². The molecule has 1 aromatic rings. The Kier molecular flexibility index (Phi) is 3.76. The Hall–Kier alpha value is -0.530. The predicted molar refractivity (Wildman–Crippen MR) is 63.4 cm³/mol. The molecular weight excluding hydrogens is 296 g/mol. The zero-order chi connectivity index (χ0) is 9.84. The molecule has 1 aromatic carbocycles. The van der Waals surface area contributed by atoms with E-state index in [0.717, 1.165) is 14.7 Å². The standard InChI is InChI=1S/C10H7ClIN/c1-7(4-5-13)9-3-2-8(12)6-10(9)11/h2-4,6H,1H3/b7-4+. The van der Waals surface area contributed by atoms with Gasteiger partial charge in [0.2, 0.25) is 0 Å². The maximum absolute atomic E-state index is 8.47. The van der Waals surface area contributed by atoms with Gasteiger partial charge in [0, 0.05) is 14.7 Å². The van der Waals surface area contributed by atoms with Gasteiger partial charge in [0.15, 0.2) is 0 Å². The van der Waals surface area contributed by atoms with Crippen molar-refractivity contribution < 1.29 is 0 Å². The molecule has 0 radical (unpaired) electrons. The molecule has 0 bridgehead atoms. The van der Waals surface area contributed by atoms with Crippen molar-refractivity contribution in [1.29, 1.82) is 5.26 Å². The first-order valence-corrected chi connectivity index (χ1v) is 5.12. The molecule has 0 atom stereocenters. The van der Waals surface area contributed by atoms with Crippen LogP contribution in [0.3, 0.4) is 0 Å². The van der Waals surface area contributed by atoms with Crippen molar-refractivity contribution >= 4 is 39.8 Å². The number of rotatable bonds is 1. The fourth-order valence-electron chi connectivity index (χ4n) is 0.984. The van der Waals surface area contributed by atoms with E-state index in [9.17, 15) is 0 Å². The topological polar surface area (TPSA) is 23.8 Å². The first kappa shape index (κ1) is 10.6. The summed E-state index contributed by atoms with van der Waals surface area (Å²) >= 11 is 8.20. The van der Waals surface area contributed by atoms with Gasteiger partial charge in [-0.3, -0.25) is 0 Å². The van der Waals surface area contributed by atoms with Crippen LogP contribution in [-0.2, 0) is 0 Å². The van der Waals surface area contributed by atoms with Gasteiger partial charge in [0.25, 0.3) is 0 Å². The number of hydrogen-bond acceptors (Lipinski definition) is 1. The largest absolute Gasteiger partial charge is 0.193 e. The highest BCUT2D eigenvalue weighted by Gasteiger charge is 2.01. The molecule has 0 unspecified atom stereocenters. The predicted octanol–water partition coefficient (Wildman–Crippen LogP) is 3.87. The molecule has 66 valence electrons. The maximum atomic E-state index is 8.47. The van der Waals surface area contributed by atoms with Crippen molar-refractivity contribution in [3.05, 3.63) is 38.4 Å². The summed E-state index contributed by atoms with van der Waals surface area (Å²) in [6.45, 7) is 1.87. The van der Waals surface area contributed by atoms with Crippen LogP contribution in [0, 0.1) is 14.9 Å². The smallest absolute Gasteiger partial charge is 0.0915 e. The van der Waals surface area contributed by atoms with Crippen molar-refractivity contribution in [2.75, 3.05) is 0 Å². The summed E-state index contributed by atoms with van der Waals surface area (Å²) in [5, 5.41) is 9.16. The third-order valence-corrected chi connectivity index (χ3v) is 2.62. The summed E-state index contributed by atoms with van der Waals surface area (Å²) in [6, 6.07) is 7.76. The Morgan fingerprint density at radius 2 is 2.31 bits per heavy atom. The number of nitriles is 1. The second kappa shape index (κ2) is 4.64. The van der Waals surface area contributed by atoms with Gasteiger partial charge >= 0.3 is 0 Å². The minimum atomic E-state index is 0.691. The molecule has 0 saturated carbocycles. The Morgan fingerprint density at radius 3 is 2.85 bits per heavy atom. The molecule has 13 heavy (non-hydrogen) atoms. The summed E-state index contributed by atoms with van der Waals surface area (Å²) in [7, 11) is 0. The van der Waals surface area contributed by atoms with Crippen LogP contribution in [0.2, 0.25) is 5.02 Å². The molecule has 0 aliphatic rings. The molecule has 3 heteroatoms. The van der Waals surface area contributed by atoms with Crippen LogP contribution < -0.4 is 0 Å². The third-order valence-electron chi connectivity index (χ3n) is 1.64. The third kappa shape index (κ3) is 2.71. The van der Waals surface area contributed by atoms with Crippen molar-refractivity contribution in [2.24, 2.45) is 0 Å². The van der Waals surface area contributed by atoms with E-state index in [4.69, 9.17) is 16.9 Å². The average molecular weight is 304 g/mol. The van der Waals surface area contributed by atoms with Crippen molar-refractivity contribution in [1.82, 2.24) is 0 Å². The molecule has 0 spiro atoms. The first-order valence-electron chi connectivity index (χ1n) is 3.67. The summed E-state index contributed by atoms with van der Waals surface area (Å²) < 4.78 is 1.09. The number of allylic oxidation sites excluding steroid dienone is 2. The number of halogens is 2. The molecule has 0 saturated heterocycles. The van der Waals surface area contributed by atoms with E-state index in [1.54, 1.807) is 0 Å². The molecule has 0 heterocycles. The molecule has 0 aliphatic heterocycles. The van der Waals surface area contributed by atoms with Gasteiger partial charge in [0.1, 0.15) is 0 Å². The zero-order valence-electron chi connectivity index (χ0n) is 7.01. The Morgan fingerprint density at radius 1 is 1.62 bits per heavy atom. The van der Waals surface area contributed by atoms with Gasteiger partial charge in [-0.05, 0) is 52.8 Å². The minimum absolute atomic E-state index is 0.691. The quantitative estimate of drug-likeness (QED) is 0.571. The summed E-state index contributed by atoms with van der Waals surface area (Å²) in [5.41, 5.74) is 1.81. The van der Waals surface area contributed by atoms with Crippen LogP contribution in [0.15, 0.2) is 24.3 Å². The lowest BCUT2D eigenvalue weighted by molar-refractivity contribution is 1.51. The Balaban J connectivity index is 3.18. The fourth-order valence-corrected chi connectivity index (χ4v) is 1.99. The van der Waals surface area contributed by atoms with Crippen molar-refractivity contribution in [3.8, 4) is 6.07 Å². The molecule has 1 nitrogen and oxygen atoms in total. The van der Waals surface area contributed by atoms with Crippen LogP contribution in [0.1, 0.15) is 12.5 Å². The normalized spacial score (nSPS) is 11.1. The van der Waals surface area contributed by atoms with Gasteiger partial charge in [-0.25, -0.2) is 0 Å². The highest BCUT2D eigenvalue weighted by atomic mass is 127. The van der Waals surface area contributed by atoms with Crippen LogP contribution in [0.25, 0.3) is 5.57 Å². The van der Waals surface area contributed by atoms with Crippen molar-refractivity contribution in [3.63, 3.8) is 0 Å². The van der Waals surface area contributed by atoms with E-state index in [-0.39, 0.29) is 0 Å². The number of hydrogen-bond donors (Lipinski definition) is 0. The molecule has 0 aromatic heterocycles. The minimum Gasteiger partial charge on any atom is -0.193 e. The average Bonchev–Trinajstić information content (AvgIpc) is 2.04.